The quantitative estimate of drug-likeness (QED) is 0.155. The number of carbonyl (C=O) groups excluding carboxylic acids is 4. The number of esters is 1. The van der Waals surface area contributed by atoms with Gasteiger partial charge < -0.3 is 25.4 Å². The van der Waals surface area contributed by atoms with E-state index in [-0.39, 0.29) is 35.9 Å². The van der Waals surface area contributed by atoms with E-state index in [0.717, 1.165) is 27.4 Å². The number of nitrogens with one attached hydrogen (secondary N) is 3. The molecule has 0 unspecified atom stereocenters. The smallest absolute Gasteiger partial charge is 0.338 e. The molecule has 4 aromatic rings. The van der Waals surface area contributed by atoms with Crippen molar-refractivity contribution in [2.45, 2.75) is 32.4 Å². The van der Waals surface area contributed by atoms with E-state index in [1.807, 2.05) is 6.92 Å². The van der Waals surface area contributed by atoms with E-state index in [4.69, 9.17) is 9.47 Å². The molecule has 1 aliphatic carbocycles. The first-order valence-electron chi connectivity index (χ1n) is 14.0. The van der Waals surface area contributed by atoms with Crippen LogP contribution in [0.5, 0.6) is 5.75 Å². The maximum atomic E-state index is 14.6. The van der Waals surface area contributed by atoms with Crippen molar-refractivity contribution in [1.82, 2.24) is 25.2 Å². The highest BCUT2D eigenvalue weighted by atomic mass is 19.1. The summed E-state index contributed by atoms with van der Waals surface area (Å²) < 4.78 is 26.2. The first kappa shape index (κ1) is 29.2. The van der Waals surface area contributed by atoms with E-state index >= 15 is 0 Å². The van der Waals surface area contributed by atoms with E-state index in [9.17, 15) is 23.6 Å². The van der Waals surface area contributed by atoms with Crippen LogP contribution in [0.25, 0.3) is 5.65 Å². The van der Waals surface area contributed by atoms with Gasteiger partial charge in [-0.2, -0.15) is 5.10 Å². The number of ether oxygens (including phenoxy) is 2. The largest absolute Gasteiger partial charge is 0.458 e. The molecule has 2 aromatic heterocycles. The van der Waals surface area contributed by atoms with Crippen LogP contribution in [0.2, 0.25) is 0 Å². The van der Waals surface area contributed by atoms with Crippen LogP contribution in [0.4, 0.5) is 10.1 Å². The lowest BCUT2D eigenvalue weighted by Crippen LogP contribution is -2.31. The van der Waals surface area contributed by atoms with Gasteiger partial charge in [-0.25, -0.2) is 18.7 Å². The van der Waals surface area contributed by atoms with Gasteiger partial charge in [0.15, 0.2) is 23.0 Å². The van der Waals surface area contributed by atoms with Gasteiger partial charge in [-0.3, -0.25) is 14.4 Å². The normalized spacial score (nSPS) is 15.0. The summed E-state index contributed by atoms with van der Waals surface area (Å²) in [5.41, 5.74) is 3.51. The van der Waals surface area contributed by atoms with Crippen LogP contribution in [0, 0.1) is 12.7 Å². The zero-order valence-corrected chi connectivity index (χ0v) is 24.1. The van der Waals surface area contributed by atoms with Crippen LogP contribution in [0.15, 0.2) is 67.6 Å². The molecule has 0 saturated carbocycles. The Morgan fingerprint density at radius 3 is 2.84 bits per heavy atom. The molecule has 13 heteroatoms. The Labute approximate surface area is 255 Å². The Balaban J connectivity index is 1.21. The van der Waals surface area contributed by atoms with E-state index in [1.165, 1.54) is 12.1 Å². The summed E-state index contributed by atoms with van der Waals surface area (Å²) in [7, 11) is 0. The van der Waals surface area contributed by atoms with Gasteiger partial charge in [0.05, 0.1) is 23.5 Å². The van der Waals surface area contributed by atoms with Gasteiger partial charge in [0.25, 0.3) is 17.7 Å². The molecule has 3 amide bonds. The van der Waals surface area contributed by atoms with Crippen LogP contribution in [0.3, 0.4) is 0 Å². The second-order valence-electron chi connectivity index (χ2n) is 10.5. The van der Waals surface area contributed by atoms with Crippen LogP contribution in [-0.4, -0.2) is 44.9 Å². The van der Waals surface area contributed by atoms with E-state index in [2.05, 4.69) is 39.2 Å². The Kier molecular flexibility index (Phi) is 7.59. The first-order valence-corrected chi connectivity index (χ1v) is 14.0. The highest BCUT2D eigenvalue weighted by molar-refractivity contribution is 6.05. The molecule has 45 heavy (non-hydrogen) atoms. The number of hydrogen-bond donors (Lipinski definition) is 3. The van der Waals surface area contributed by atoms with Crippen molar-refractivity contribution in [3.8, 4) is 5.75 Å². The molecule has 3 heterocycles. The van der Waals surface area contributed by atoms with Crippen LogP contribution in [0.1, 0.15) is 66.1 Å². The lowest BCUT2D eigenvalue weighted by molar-refractivity contribution is -0.115. The molecular weight excluding hydrogens is 583 g/mol. The number of hydrogen-bond acceptors (Lipinski definition) is 8. The summed E-state index contributed by atoms with van der Waals surface area (Å²) in [5, 5.41) is 12.3. The van der Waals surface area contributed by atoms with Crippen LogP contribution >= 0.6 is 0 Å². The minimum atomic E-state index is -0.802. The Bertz CT molecular complexity index is 1950. The van der Waals surface area contributed by atoms with Crippen molar-refractivity contribution in [2.24, 2.45) is 0 Å². The lowest BCUT2D eigenvalue weighted by Gasteiger charge is -2.19. The third-order valence-electron chi connectivity index (χ3n) is 7.68. The number of halogens is 1. The van der Waals surface area contributed by atoms with E-state index in [1.54, 1.807) is 30.3 Å². The summed E-state index contributed by atoms with van der Waals surface area (Å²) >= 11 is 0. The Hall–Kier alpha value is -5.85. The summed E-state index contributed by atoms with van der Waals surface area (Å²) in [4.78, 5) is 55.1. The topological polar surface area (TPSA) is 153 Å². The second-order valence-corrected chi connectivity index (χ2v) is 10.5. The monoisotopic (exact) mass is 610 g/mol. The lowest BCUT2D eigenvalue weighted by atomic mass is 9.98. The average Bonchev–Trinajstić information content (AvgIpc) is 3.62. The van der Waals surface area contributed by atoms with Crippen molar-refractivity contribution in [3.05, 3.63) is 113 Å². The molecular formula is C32H27FN6O6. The van der Waals surface area contributed by atoms with Gasteiger partial charge in [0, 0.05) is 12.6 Å². The first-order chi connectivity index (χ1) is 21.6. The maximum Gasteiger partial charge on any atom is 0.338 e. The fraction of sp³-hybridized carbons (Fsp3) is 0.188. The third-order valence-corrected chi connectivity index (χ3v) is 7.68. The number of aromatic nitrogens is 3. The molecule has 0 radical (unpaired) electrons. The zero-order chi connectivity index (χ0) is 31.8. The van der Waals surface area contributed by atoms with Gasteiger partial charge in [0.2, 0.25) is 0 Å². The van der Waals surface area contributed by atoms with Crippen LogP contribution < -0.4 is 20.7 Å². The molecule has 0 saturated heterocycles. The fourth-order valence-electron chi connectivity index (χ4n) is 5.43. The van der Waals surface area contributed by atoms with Gasteiger partial charge in [-0.1, -0.05) is 31.4 Å². The number of anilines is 1. The Morgan fingerprint density at radius 2 is 2.04 bits per heavy atom. The minimum absolute atomic E-state index is 0.0279. The summed E-state index contributed by atoms with van der Waals surface area (Å²) in [6.07, 6.45) is 3.60. The fourth-order valence-corrected chi connectivity index (χ4v) is 5.43. The number of fused-ring (bicyclic) bond motifs is 3. The van der Waals surface area contributed by atoms with Gasteiger partial charge in [0.1, 0.15) is 18.0 Å². The van der Waals surface area contributed by atoms with Crippen molar-refractivity contribution < 1.29 is 33.0 Å². The molecule has 6 rings (SSSR count). The van der Waals surface area contributed by atoms with Crippen molar-refractivity contribution in [2.75, 3.05) is 11.9 Å². The summed E-state index contributed by atoms with van der Waals surface area (Å²) in [6, 6.07) is 9.28. The van der Waals surface area contributed by atoms with Gasteiger partial charge in [-0.05, 0) is 60.2 Å². The molecule has 0 bridgehead atoms. The molecule has 2 aliphatic rings. The third kappa shape index (κ3) is 5.51. The SMILES string of the molecule is C=CCOC(=O)c1ccc2c(c1C)CC[C@@H]2NC(=O)c1cc(C(=O)NCc2ccc3c(c2)NC(=O)C(=C)O3)nc2c(F)cnn12. The average molecular weight is 611 g/mol. The molecule has 1 atom stereocenters. The maximum absolute atomic E-state index is 14.6. The summed E-state index contributed by atoms with van der Waals surface area (Å²) in [5.74, 6) is -2.58. The number of nitrogens with zero attached hydrogens (tertiary/aromatic N) is 3. The van der Waals surface area contributed by atoms with E-state index < -0.39 is 35.5 Å². The van der Waals surface area contributed by atoms with E-state index in [0.29, 0.717) is 35.4 Å². The highest BCUT2D eigenvalue weighted by Gasteiger charge is 2.29. The number of carbonyl (C=O) groups is 4. The molecule has 3 N–H and O–H groups in total. The predicted molar refractivity (Wildman–Crippen MR) is 159 cm³/mol. The highest BCUT2D eigenvalue weighted by Crippen LogP contribution is 2.35. The van der Waals surface area contributed by atoms with Crippen molar-refractivity contribution >= 4 is 35.0 Å². The van der Waals surface area contributed by atoms with Crippen molar-refractivity contribution in [1.29, 1.82) is 0 Å². The van der Waals surface area contributed by atoms with Crippen molar-refractivity contribution in [3.63, 3.8) is 0 Å². The molecule has 228 valence electrons. The Morgan fingerprint density at radius 1 is 1.22 bits per heavy atom. The second kappa shape index (κ2) is 11.7. The minimum Gasteiger partial charge on any atom is -0.458 e. The molecule has 0 spiro atoms. The zero-order valence-electron chi connectivity index (χ0n) is 24.1. The standard InChI is InChI=1S/C32H27FN6O6/c1-4-11-44-32(43)20-6-7-21-19(16(20)2)8-9-23(21)37-31(42)26-13-25(36-28-22(33)15-35-39(26)28)30(41)34-14-18-5-10-27-24(12-18)38-29(40)17(3)45-27/h4-7,10,12-13,15,23H,1,3,8-9,11,14H2,2H3,(H,34,41)(H,37,42)(H,38,40)/t23-/m0/s1. The molecule has 12 nitrogen and oxygen atoms in total. The summed E-state index contributed by atoms with van der Waals surface area (Å²) in [6.45, 7) is 9.07. The number of rotatable bonds is 8. The predicted octanol–water partition coefficient (Wildman–Crippen LogP) is 3.71. The van der Waals surface area contributed by atoms with Gasteiger partial charge in [-0.15, -0.1) is 0 Å². The van der Waals surface area contributed by atoms with Gasteiger partial charge >= 0.3 is 5.97 Å². The molecule has 2 aromatic carbocycles. The number of amides is 3. The molecule has 0 fully saturated rings. The molecule has 1 aliphatic heterocycles. The van der Waals surface area contributed by atoms with Crippen LogP contribution in [-0.2, 0) is 22.5 Å². The number of benzene rings is 2.